The van der Waals surface area contributed by atoms with E-state index in [0.29, 0.717) is 0 Å². The maximum absolute atomic E-state index is 6.16. The van der Waals surface area contributed by atoms with Crippen LogP contribution >= 0.6 is 50.9 Å². The topological polar surface area (TPSA) is 0 Å². The summed E-state index contributed by atoms with van der Waals surface area (Å²) in [5.41, 5.74) is 1.11. The highest BCUT2D eigenvalue weighted by atomic mass is 79.9. The van der Waals surface area contributed by atoms with Gasteiger partial charge in [-0.3, -0.25) is 0 Å². The highest BCUT2D eigenvalue weighted by Gasteiger charge is 2.04. The van der Waals surface area contributed by atoms with Gasteiger partial charge in [0.1, 0.15) is 0 Å². The van der Waals surface area contributed by atoms with Crippen molar-refractivity contribution in [1.82, 2.24) is 0 Å². The van der Waals surface area contributed by atoms with Gasteiger partial charge in [0.25, 0.3) is 0 Å². The van der Waals surface area contributed by atoms with E-state index < -0.39 is 0 Å². The summed E-state index contributed by atoms with van der Waals surface area (Å²) in [7, 11) is 0. The molecule has 0 N–H and O–H groups in total. The lowest BCUT2D eigenvalue weighted by molar-refractivity contribution is 1.37. The first kappa shape index (κ1) is 13.3. The lowest BCUT2D eigenvalue weighted by Crippen LogP contribution is -1.83. The molecule has 88 valence electrons. The number of hydrogen-bond donors (Lipinski definition) is 0. The van der Waals surface area contributed by atoms with Crippen LogP contribution in [0.25, 0.3) is 0 Å². The normalized spacial score (nSPS) is 10.5. The van der Waals surface area contributed by atoms with Gasteiger partial charge < -0.3 is 0 Å². The quantitative estimate of drug-likeness (QED) is 0.609. The fraction of sp³-hybridized carbons (Fsp3) is 0.0769. The van der Waals surface area contributed by atoms with Gasteiger partial charge in [-0.15, -0.1) is 11.8 Å². The Morgan fingerprint density at radius 1 is 1.00 bits per heavy atom. The lowest BCUT2D eigenvalue weighted by atomic mass is 10.2. The van der Waals surface area contributed by atoms with Gasteiger partial charge in [-0.25, -0.2) is 0 Å². The molecule has 0 atom stereocenters. The Hall–Kier alpha value is -0.150. The maximum atomic E-state index is 6.16. The van der Waals surface area contributed by atoms with Crippen molar-refractivity contribution in [3.8, 4) is 0 Å². The Kier molecular flexibility index (Phi) is 4.80. The predicted molar refractivity (Wildman–Crippen MR) is 80.2 cm³/mol. The highest BCUT2D eigenvalue weighted by Crippen LogP contribution is 2.32. The van der Waals surface area contributed by atoms with E-state index in [0.717, 1.165) is 30.7 Å². The van der Waals surface area contributed by atoms with Gasteiger partial charge in [-0.05, 0) is 29.8 Å². The third kappa shape index (κ3) is 3.65. The van der Waals surface area contributed by atoms with Crippen molar-refractivity contribution in [3.63, 3.8) is 0 Å². The molecule has 0 bridgehead atoms. The molecule has 2 aromatic carbocycles. The minimum Gasteiger partial charge on any atom is -0.120 e. The van der Waals surface area contributed by atoms with Gasteiger partial charge in [0, 0.05) is 20.1 Å². The summed E-state index contributed by atoms with van der Waals surface area (Å²) in [5.74, 6) is 0.815. The number of thioether (sulfide) groups is 1. The Balaban J connectivity index is 2.10. The van der Waals surface area contributed by atoms with Crippen molar-refractivity contribution in [2.45, 2.75) is 10.6 Å². The number of benzene rings is 2. The molecular formula is C13H9BrCl2S. The van der Waals surface area contributed by atoms with Crippen molar-refractivity contribution in [2.75, 3.05) is 0 Å². The van der Waals surface area contributed by atoms with Gasteiger partial charge >= 0.3 is 0 Å². The molecule has 0 aliphatic carbocycles. The second kappa shape index (κ2) is 6.14. The minimum atomic E-state index is 0.777. The number of hydrogen-bond acceptors (Lipinski definition) is 1. The Bertz CT molecular complexity index is 529. The van der Waals surface area contributed by atoms with Gasteiger partial charge in [-0.2, -0.15) is 0 Å². The molecule has 2 aromatic rings. The van der Waals surface area contributed by atoms with Crippen LogP contribution in [0.5, 0.6) is 0 Å². The first-order chi connectivity index (χ1) is 8.16. The molecule has 0 saturated carbocycles. The molecule has 0 saturated heterocycles. The summed E-state index contributed by atoms with van der Waals surface area (Å²) >= 11 is 17.3. The summed E-state index contributed by atoms with van der Waals surface area (Å²) in [6.07, 6.45) is 0. The summed E-state index contributed by atoms with van der Waals surface area (Å²) in [4.78, 5) is 1.08. The van der Waals surface area contributed by atoms with Crippen LogP contribution in [0.4, 0.5) is 0 Å². The monoisotopic (exact) mass is 346 g/mol. The number of rotatable bonds is 3. The molecule has 0 heterocycles. The third-order valence-electron chi connectivity index (χ3n) is 2.23. The maximum Gasteiger partial charge on any atom is 0.0541 e. The van der Waals surface area contributed by atoms with Gasteiger partial charge in [-0.1, -0.05) is 57.3 Å². The summed E-state index contributed by atoms with van der Waals surface area (Å²) in [6.45, 7) is 0. The number of halogens is 3. The van der Waals surface area contributed by atoms with E-state index >= 15 is 0 Å². The summed E-state index contributed by atoms with van der Waals surface area (Å²) in [5, 5.41) is 1.56. The molecule has 0 radical (unpaired) electrons. The molecule has 0 fully saturated rings. The fourth-order valence-electron chi connectivity index (χ4n) is 1.36. The largest absolute Gasteiger partial charge is 0.120 e. The van der Waals surface area contributed by atoms with Crippen molar-refractivity contribution in [3.05, 3.63) is 62.5 Å². The smallest absolute Gasteiger partial charge is 0.0541 e. The predicted octanol–water partition coefficient (Wildman–Crippen LogP) is 6.05. The van der Waals surface area contributed by atoms with E-state index in [1.807, 2.05) is 42.5 Å². The molecule has 0 spiro atoms. The zero-order valence-corrected chi connectivity index (χ0v) is 12.7. The van der Waals surface area contributed by atoms with Gasteiger partial charge in [0.05, 0.1) is 5.02 Å². The van der Waals surface area contributed by atoms with Gasteiger partial charge in [0.2, 0.25) is 0 Å². The fourth-order valence-corrected chi connectivity index (χ4v) is 3.42. The van der Waals surface area contributed by atoms with Crippen molar-refractivity contribution in [2.24, 2.45) is 0 Å². The Morgan fingerprint density at radius 2 is 1.76 bits per heavy atom. The molecule has 0 amide bonds. The summed E-state index contributed by atoms with van der Waals surface area (Å²) < 4.78 is 0.994. The van der Waals surface area contributed by atoms with Crippen molar-refractivity contribution in [1.29, 1.82) is 0 Å². The summed E-state index contributed by atoms with van der Waals surface area (Å²) in [6, 6.07) is 13.7. The molecule has 17 heavy (non-hydrogen) atoms. The molecule has 4 heteroatoms. The minimum absolute atomic E-state index is 0.777. The molecule has 0 aromatic heterocycles. The molecule has 0 aliphatic heterocycles. The molecule has 0 nitrogen and oxygen atoms in total. The van der Waals surface area contributed by atoms with Crippen LogP contribution in [0, 0.1) is 0 Å². The second-order valence-corrected chi connectivity index (χ2v) is 6.20. The van der Waals surface area contributed by atoms with Crippen LogP contribution in [0.3, 0.4) is 0 Å². The standard InChI is InChI=1S/C13H9BrCl2S/c14-10-6-5-9(12(16)7-10)8-17-13-4-2-1-3-11(13)15/h1-7H,8H2. The average molecular weight is 348 g/mol. The molecular weight excluding hydrogens is 339 g/mol. The SMILES string of the molecule is Clc1cc(Br)ccc1CSc1ccccc1Cl. The zero-order valence-electron chi connectivity index (χ0n) is 8.79. The Labute approximate surface area is 123 Å². The molecule has 2 rings (SSSR count). The van der Waals surface area contributed by atoms with E-state index in [9.17, 15) is 0 Å². The van der Waals surface area contributed by atoms with Crippen LogP contribution in [0.2, 0.25) is 10.0 Å². The van der Waals surface area contributed by atoms with Crippen LogP contribution < -0.4 is 0 Å². The van der Waals surface area contributed by atoms with Crippen LogP contribution in [-0.2, 0) is 5.75 Å². The Morgan fingerprint density at radius 3 is 2.47 bits per heavy atom. The van der Waals surface area contributed by atoms with E-state index in [-0.39, 0.29) is 0 Å². The zero-order chi connectivity index (χ0) is 12.3. The average Bonchev–Trinajstić information content (AvgIpc) is 2.30. The molecule has 0 aliphatic rings. The molecule has 0 unspecified atom stereocenters. The van der Waals surface area contributed by atoms with Crippen LogP contribution in [0.15, 0.2) is 51.8 Å². The van der Waals surface area contributed by atoms with E-state index in [2.05, 4.69) is 15.9 Å². The van der Waals surface area contributed by atoms with E-state index in [1.165, 1.54) is 0 Å². The second-order valence-electron chi connectivity index (χ2n) is 3.45. The van der Waals surface area contributed by atoms with Crippen LogP contribution in [0.1, 0.15) is 5.56 Å². The van der Waals surface area contributed by atoms with Crippen molar-refractivity contribution < 1.29 is 0 Å². The van der Waals surface area contributed by atoms with E-state index in [1.54, 1.807) is 11.8 Å². The van der Waals surface area contributed by atoms with E-state index in [4.69, 9.17) is 23.2 Å². The van der Waals surface area contributed by atoms with Gasteiger partial charge in [0.15, 0.2) is 0 Å². The third-order valence-corrected chi connectivity index (χ3v) is 4.64. The first-order valence-electron chi connectivity index (χ1n) is 4.98. The van der Waals surface area contributed by atoms with Crippen molar-refractivity contribution >= 4 is 50.9 Å². The van der Waals surface area contributed by atoms with Crippen LogP contribution in [-0.4, -0.2) is 0 Å². The first-order valence-corrected chi connectivity index (χ1v) is 7.51. The lowest BCUT2D eigenvalue weighted by Gasteiger charge is -2.06. The highest BCUT2D eigenvalue weighted by molar-refractivity contribution is 9.10.